The van der Waals surface area contributed by atoms with Crippen molar-refractivity contribution in [3.05, 3.63) is 107 Å². The van der Waals surface area contributed by atoms with E-state index in [1.807, 2.05) is 6.07 Å². The zero-order valence-corrected chi connectivity index (χ0v) is 15.1. The molecule has 0 aromatic heterocycles. The summed E-state index contributed by atoms with van der Waals surface area (Å²) in [6.45, 7) is 2.79. The molecule has 0 bridgehead atoms. The van der Waals surface area contributed by atoms with Crippen LogP contribution in [0.2, 0.25) is 0 Å². The van der Waals surface area contributed by atoms with E-state index in [4.69, 9.17) is 9.73 Å². The Balaban J connectivity index is 1.63. The van der Waals surface area contributed by atoms with Crippen molar-refractivity contribution in [3.8, 4) is 0 Å². The second kappa shape index (κ2) is 7.17. The zero-order chi connectivity index (χ0) is 17.8. The first-order valence-corrected chi connectivity index (χ1v) is 9.11. The highest BCUT2D eigenvalue weighted by atomic mass is 16.5. The molecule has 0 saturated carbocycles. The van der Waals surface area contributed by atoms with E-state index >= 15 is 0 Å². The molecule has 0 saturated heterocycles. The van der Waals surface area contributed by atoms with Gasteiger partial charge >= 0.3 is 0 Å². The second-order valence-corrected chi connectivity index (χ2v) is 7.05. The molecule has 3 aromatic carbocycles. The molecule has 0 spiro atoms. The SMILES string of the molecule is Cc1ccccc1C1=NCC(Cc2ccccc2)(Cc2ccccc2)O1. The average Bonchev–Trinajstić information content (AvgIpc) is 3.07. The van der Waals surface area contributed by atoms with Gasteiger partial charge in [-0.1, -0.05) is 78.9 Å². The van der Waals surface area contributed by atoms with Gasteiger partial charge in [-0.25, -0.2) is 4.99 Å². The molecule has 0 aliphatic carbocycles. The Morgan fingerprint density at radius 3 is 1.88 bits per heavy atom. The average molecular weight is 341 g/mol. The monoisotopic (exact) mass is 341 g/mol. The fraction of sp³-hybridized carbons (Fsp3) is 0.208. The van der Waals surface area contributed by atoms with Crippen LogP contribution in [0, 0.1) is 6.92 Å². The van der Waals surface area contributed by atoms with Crippen LogP contribution in [0.1, 0.15) is 22.3 Å². The minimum Gasteiger partial charge on any atom is -0.468 e. The van der Waals surface area contributed by atoms with Gasteiger partial charge in [-0.2, -0.15) is 0 Å². The van der Waals surface area contributed by atoms with Gasteiger partial charge in [0.2, 0.25) is 5.90 Å². The first kappa shape index (κ1) is 16.6. The van der Waals surface area contributed by atoms with Crippen molar-refractivity contribution >= 4 is 5.90 Å². The maximum absolute atomic E-state index is 6.57. The summed E-state index contributed by atoms with van der Waals surface area (Å²) in [7, 11) is 0. The molecule has 0 amide bonds. The molecule has 1 aliphatic heterocycles. The minimum atomic E-state index is -0.333. The van der Waals surface area contributed by atoms with Gasteiger partial charge in [-0.15, -0.1) is 0 Å². The van der Waals surface area contributed by atoms with E-state index in [0.29, 0.717) is 6.54 Å². The first-order chi connectivity index (χ1) is 12.7. The third-order valence-corrected chi connectivity index (χ3v) is 4.94. The maximum Gasteiger partial charge on any atom is 0.217 e. The fourth-order valence-corrected chi connectivity index (χ4v) is 3.62. The molecule has 0 unspecified atom stereocenters. The molecule has 0 fully saturated rings. The van der Waals surface area contributed by atoms with Crippen molar-refractivity contribution in [1.29, 1.82) is 0 Å². The van der Waals surface area contributed by atoms with Crippen LogP contribution in [0.4, 0.5) is 0 Å². The smallest absolute Gasteiger partial charge is 0.217 e. The Bertz CT molecular complexity index is 858. The topological polar surface area (TPSA) is 21.6 Å². The third-order valence-electron chi connectivity index (χ3n) is 4.94. The highest BCUT2D eigenvalue weighted by molar-refractivity contribution is 5.96. The van der Waals surface area contributed by atoms with Crippen LogP contribution in [0.3, 0.4) is 0 Å². The molecule has 0 N–H and O–H groups in total. The lowest BCUT2D eigenvalue weighted by Crippen LogP contribution is -2.38. The summed E-state index contributed by atoms with van der Waals surface area (Å²) in [4.78, 5) is 4.81. The van der Waals surface area contributed by atoms with Crippen molar-refractivity contribution in [3.63, 3.8) is 0 Å². The Morgan fingerprint density at radius 2 is 1.31 bits per heavy atom. The quantitative estimate of drug-likeness (QED) is 0.640. The molecule has 0 atom stereocenters. The Labute approximate surface area is 155 Å². The fourth-order valence-electron chi connectivity index (χ4n) is 3.62. The second-order valence-electron chi connectivity index (χ2n) is 7.05. The van der Waals surface area contributed by atoms with Crippen LogP contribution in [0.5, 0.6) is 0 Å². The molecule has 130 valence electrons. The van der Waals surface area contributed by atoms with Gasteiger partial charge in [0.25, 0.3) is 0 Å². The number of hydrogen-bond acceptors (Lipinski definition) is 2. The number of benzene rings is 3. The normalized spacial score (nSPS) is 15.3. The number of aliphatic imine (C=N–C) groups is 1. The maximum atomic E-state index is 6.57. The number of nitrogens with zero attached hydrogens (tertiary/aromatic N) is 1. The molecular weight excluding hydrogens is 318 g/mol. The lowest BCUT2D eigenvalue weighted by molar-refractivity contribution is 0.0886. The lowest BCUT2D eigenvalue weighted by atomic mass is 9.88. The van der Waals surface area contributed by atoms with E-state index in [2.05, 4.69) is 85.8 Å². The van der Waals surface area contributed by atoms with Crippen molar-refractivity contribution < 1.29 is 4.74 Å². The van der Waals surface area contributed by atoms with E-state index in [1.54, 1.807) is 0 Å². The Kier molecular flexibility index (Phi) is 4.57. The van der Waals surface area contributed by atoms with Gasteiger partial charge in [-0.3, -0.25) is 0 Å². The summed E-state index contributed by atoms with van der Waals surface area (Å²) in [5.74, 6) is 0.773. The lowest BCUT2D eigenvalue weighted by Gasteiger charge is -2.29. The summed E-state index contributed by atoms with van der Waals surface area (Å²) in [6, 6.07) is 29.4. The van der Waals surface area contributed by atoms with Gasteiger partial charge in [-0.05, 0) is 29.7 Å². The molecule has 1 heterocycles. The largest absolute Gasteiger partial charge is 0.468 e. The van der Waals surface area contributed by atoms with E-state index in [0.717, 1.165) is 24.3 Å². The molecule has 1 aliphatic rings. The van der Waals surface area contributed by atoms with Gasteiger partial charge in [0.05, 0.1) is 6.54 Å². The van der Waals surface area contributed by atoms with Crippen LogP contribution in [0.25, 0.3) is 0 Å². The van der Waals surface area contributed by atoms with Crippen LogP contribution in [-0.2, 0) is 17.6 Å². The number of rotatable bonds is 5. The van der Waals surface area contributed by atoms with E-state index in [9.17, 15) is 0 Å². The van der Waals surface area contributed by atoms with Crippen molar-refractivity contribution in [2.24, 2.45) is 4.99 Å². The standard InChI is InChI=1S/C24H23NO/c1-19-10-8-9-15-22(19)23-25-18-24(26-23,16-20-11-4-2-5-12-20)17-21-13-6-3-7-14-21/h2-15H,16-18H2,1H3. The highest BCUT2D eigenvalue weighted by Gasteiger charge is 2.39. The number of aryl methyl sites for hydroxylation is 1. The summed E-state index contributed by atoms with van der Waals surface area (Å²) in [5.41, 5.74) is 4.52. The van der Waals surface area contributed by atoms with Gasteiger partial charge in [0, 0.05) is 18.4 Å². The van der Waals surface area contributed by atoms with Gasteiger partial charge < -0.3 is 4.74 Å². The van der Waals surface area contributed by atoms with E-state index in [-0.39, 0.29) is 5.60 Å². The summed E-state index contributed by atoms with van der Waals surface area (Å²) in [6.07, 6.45) is 1.70. The van der Waals surface area contributed by atoms with Gasteiger partial charge in [0.1, 0.15) is 5.60 Å². The predicted octanol–water partition coefficient (Wildman–Crippen LogP) is 5.00. The van der Waals surface area contributed by atoms with E-state index < -0.39 is 0 Å². The zero-order valence-electron chi connectivity index (χ0n) is 15.1. The molecule has 0 radical (unpaired) electrons. The number of ether oxygens (including phenoxy) is 1. The summed E-state index contributed by atoms with van der Waals surface area (Å²) >= 11 is 0. The molecule has 3 aromatic rings. The molecule has 26 heavy (non-hydrogen) atoms. The third kappa shape index (κ3) is 3.55. The highest BCUT2D eigenvalue weighted by Crippen LogP contribution is 2.30. The molecule has 2 heteroatoms. The van der Waals surface area contributed by atoms with Crippen LogP contribution < -0.4 is 0 Å². The number of hydrogen-bond donors (Lipinski definition) is 0. The minimum absolute atomic E-state index is 0.333. The van der Waals surface area contributed by atoms with Crippen molar-refractivity contribution in [2.75, 3.05) is 6.54 Å². The summed E-state index contributed by atoms with van der Waals surface area (Å²) in [5, 5.41) is 0. The molecular formula is C24H23NO. The molecule has 2 nitrogen and oxygen atoms in total. The van der Waals surface area contributed by atoms with Crippen LogP contribution >= 0.6 is 0 Å². The van der Waals surface area contributed by atoms with Gasteiger partial charge in [0.15, 0.2) is 0 Å². The van der Waals surface area contributed by atoms with Crippen molar-refractivity contribution in [2.45, 2.75) is 25.4 Å². The van der Waals surface area contributed by atoms with Crippen molar-refractivity contribution in [1.82, 2.24) is 0 Å². The van der Waals surface area contributed by atoms with Crippen LogP contribution in [0.15, 0.2) is 89.9 Å². The molecule has 4 rings (SSSR count). The summed E-state index contributed by atoms with van der Waals surface area (Å²) < 4.78 is 6.57. The predicted molar refractivity (Wildman–Crippen MR) is 107 cm³/mol. The Morgan fingerprint density at radius 1 is 0.769 bits per heavy atom. The van der Waals surface area contributed by atoms with Crippen LogP contribution in [-0.4, -0.2) is 18.0 Å². The van der Waals surface area contributed by atoms with E-state index in [1.165, 1.54) is 16.7 Å². The Hall–Kier alpha value is -2.87. The first-order valence-electron chi connectivity index (χ1n) is 9.11.